The van der Waals surface area contributed by atoms with Crippen LogP contribution in [-0.2, 0) is 23.9 Å². The van der Waals surface area contributed by atoms with Crippen molar-refractivity contribution in [2.24, 2.45) is 5.92 Å². The third kappa shape index (κ3) is 6.80. The highest BCUT2D eigenvalue weighted by Crippen LogP contribution is 2.27. The van der Waals surface area contributed by atoms with Crippen LogP contribution in [0.3, 0.4) is 0 Å². The summed E-state index contributed by atoms with van der Waals surface area (Å²) in [5, 5.41) is 6.83. The molecule has 5 atom stereocenters. The first-order chi connectivity index (χ1) is 19.0. The number of hydrogen-bond acceptors (Lipinski definition) is 7. The molecule has 0 aromatic heterocycles. The summed E-state index contributed by atoms with van der Waals surface area (Å²) in [6, 6.07) is 12.6. The van der Waals surface area contributed by atoms with E-state index < -0.39 is 48.1 Å². The predicted octanol–water partition coefficient (Wildman–Crippen LogP) is 2.88. The lowest BCUT2D eigenvalue weighted by atomic mass is 10.0. The first kappa shape index (κ1) is 29.1. The van der Waals surface area contributed by atoms with Gasteiger partial charge in [0.05, 0.1) is 0 Å². The summed E-state index contributed by atoms with van der Waals surface area (Å²) in [6.07, 6.45) is -0.248. The Morgan fingerprint density at radius 1 is 0.850 bits per heavy atom. The maximum atomic E-state index is 13.2. The quantitative estimate of drug-likeness (QED) is 0.368. The van der Waals surface area contributed by atoms with Crippen molar-refractivity contribution < 1.29 is 28.7 Å². The van der Waals surface area contributed by atoms with E-state index in [9.17, 15) is 19.2 Å². The number of benzene rings is 2. The number of nitrogens with one attached hydrogen (secondary N) is 3. The van der Waals surface area contributed by atoms with E-state index in [1.165, 1.54) is 5.01 Å². The van der Waals surface area contributed by atoms with Gasteiger partial charge >= 0.3 is 5.97 Å². The average Bonchev–Trinajstić information content (AvgIpc) is 2.95. The SMILES string of the molecule is CC(C)[C@@H]1NC(=O)[C@@H](C)Oc2ccc(cc2)-c2cccc(c2)[C@@H](C)OC(=O)[C@@H]2CCCN(N2)C(=O)[C@H](C)NC1=O. The Labute approximate surface area is 234 Å². The van der Waals surface area contributed by atoms with Crippen LogP contribution < -0.4 is 20.8 Å². The van der Waals surface area contributed by atoms with Crippen LogP contribution in [0.4, 0.5) is 0 Å². The molecule has 0 aliphatic carbocycles. The summed E-state index contributed by atoms with van der Waals surface area (Å²) in [7, 11) is 0. The molecule has 2 aromatic rings. The molecule has 5 rings (SSSR count). The number of hydrazine groups is 1. The Morgan fingerprint density at radius 2 is 1.57 bits per heavy atom. The highest BCUT2D eigenvalue weighted by Gasteiger charge is 2.34. The summed E-state index contributed by atoms with van der Waals surface area (Å²) in [5.41, 5.74) is 5.68. The number of rotatable bonds is 1. The number of carbonyl (C=O) groups is 4. The summed E-state index contributed by atoms with van der Waals surface area (Å²) in [6.45, 7) is 9.01. The average molecular weight is 551 g/mol. The van der Waals surface area contributed by atoms with Gasteiger partial charge in [0.2, 0.25) is 5.91 Å². The highest BCUT2D eigenvalue weighted by molar-refractivity contribution is 5.93. The summed E-state index contributed by atoms with van der Waals surface area (Å²) >= 11 is 0. The summed E-state index contributed by atoms with van der Waals surface area (Å²) in [4.78, 5) is 52.3. The van der Waals surface area contributed by atoms with Crippen LogP contribution in [0.1, 0.15) is 59.1 Å². The van der Waals surface area contributed by atoms with E-state index in [-0.39, 0.29) is 11.8 Å². The van der Waals surface area contributed by atoms with Gasteiger partial charge in [0.1, 0.15) is 30.0 Å². The number of ether oxygens (including phenoxy) is 2. The van der Waals surface area contributed by atoms with Gasteiger partial charge in [-0.25, -0.2) is 5.43 Å². The highest BCUT2D eigenvalue weighted by atomic mass is 16.5. The van der Waals surface area contributed by atoms with Crippen LogP contribution in [-0.4, -0.2) is 59.5 Å². The van der Waals surface area contributed by atoms with Crippen molar-refractivity contribution in [2.45, 2.75) is 77.8 Å². The predicted molar refractivity (Wildman–Crippen MR) is 149 cm³/mol. The number of fused-ring (bicyclic) bond motifs is 12. The molecule has 3 amide bonds. The number of amides is 3. The topological polar surface area (TPSA) is 126 Å². The molecule has 2 aromatic carbocycles. The largest absolute Gasteiger partial charge is 0.481 e. The second-order valence-corrected chi connectivity index (χ2v) is 10.8. The minimum Gasteiger partial charge on any atom is -0.481 e. The Balaban J connectivity index is 1.63. The van der Waals surface area contributed by atoms with E-state index in [0.717, 1.165) is 16.7 Å². The molecule has 3 heterocycles. The van der Waals surface area contributed by atoms with Crippen molar-refractivity contribution >= 4 is 23.7 Å². The molecule has 0 spiro atoms. The number of esters is 1. The van der Waals surface area contributed by atoms with Crippen molar-refractivity contribution in [3.05, 3.63) is 54.1 Å². The number of nitrogens with zero attached hydrogens (tertiary/aromatic N) is 1. The van der Waals surface area contributed by atoms with E-state index in [0.29, 0.717) is 25.1 Å². The van der Waals surface area contributed by atoms with Gasteiger partial charge in [0.25, 0.3) is 11.8 Å². The van der Waals surface area contributed by atoms with Crippen LogP contribution in [0.2, 0.25) is 0 Å². The van der Waals surface area contributed by atoms with Crippen LogP contribution in [0.15, 0.2) is 48.5 Å². The standard InChI is InChI=1S/C30H38N4O6/c1-17(2)26-28(36)31-18(3)29(37)34-15-7-10-25(33-34)30(38)40-19(4)22-8-6-9-23(16-22)21-11-13-24(14-12-21)39-20(5)27(35)32-26/h6,8-9,11-14,16-20,25-26,33H,7,10,15H2,1-5H3,(H,31,36)(H,32,35)/t18-,19+,20+,25-,26-/m0/s1. The van der Waals surface area contributed by atoms with E-state index in [1.807, 2.05) is 57.2 Å². The van der Waals surface area contributed by atoms with E-state index >= 15 is 0 Å². The minimum absolute atomic E-state index is 0.242. The van der Waals surface area contributed by atoms with Gasteiger partial charge in [-0.05, 0) is 74.4 Å². The van der Waals surface area contributed by atoms with Crippen molar-refractivity contribution in [3.63, 3.8) is 0 Å². The third-order valence-corrected chi connectivity index (χ3v) is 7.23. The van der Waals surface area contributed by atoms with Gasteiger partial charge in [-0.3, -0.25) is 24.2 Å². The van der Waals surface area contributed by atoms with Crippen molar-refractivity contribution in [1.29, 1.82) is 0 Å². The second-order valence-electron chi connectivity index (χ2n) is 10.8. The fourth-order valence-electron chi connectivity index (χ4n) is 4.80. The first-order valence-corrected chi connectivity index (χ1v) is 13.8. The fourth-order valence-corrected chi connectivity index (χ4v) is 4.80. The maximum absolute atomic E-state index is 13.2. The molecule has 214 valence electrons. The number of hydrogen-bond donors (Lipinski definition) is 3. The molecule has 40 heavy (non-hydrogen) atoms. The molecule has 3 aliphatic heterocycles. The number of carbonyl (C=O) groups excluding carboxylic acids is 4. The van der Waals surface area contributed by atoms with E-state index in [1.54, 1.807) is 26.0 Å². The molecule has 3 aliphatic rings. The van der Waals surface area contributed by atoms with Crippen LogP contribution in [0.5, 0.6) is 5.75 Å². The van der Waals surface area contributed by atoms with Gasteiger partial charge in [-0.2, -0.15) is 0 Å². The lowest BCUT2D eigenvalue weighted by Crippen LogP contribution is -2.61. The molecule has 3 N–H and O–H groups in total. The van der Waals surface area contributed by atoms with Crippen LogP contribution in [0.25, 0.3) is 11.1 Å². The molecule has 10 heteroatoms. The molecule has 1 fully saturated rings. The van der Waals surface area contributed by atoms with Gasteiger partial charge in [-0.15, -0.1) is 0 Å². The fraction of sp³-hybridized carbons (Fsp3) is 0.467. The second kappa shape index (κ2) is 12.5. The Morgan fingerprint density at radius 3 is 2.27 bits per heavy atom. The lowest BCUT2D eigenvalue weighted by molar-refractivity contribution is -0.157. The van der Waals surface area contributed by atoms with Gasteiger partial charge in [0, 0.05) is 6.54 Å². The Kier molecular flexibility index (Phi) is 9.09. The van der Waals surface area contributed by atoms with Crippen molar-refractivity contribution in [1.82, 2.24) is 21.1 Å². The molecule has 0 radical (unpaired) electrons. The smallest absolute Gasteiger partial charge is 0.325 e. The maximum Gasteiger partial charge on any atom is 0.325 e. The Bertz CT molecular complexity index is 1250. The van der Waals surface area contributed by atoms with Crippen molar-refractivity contribution in [3.8, 4) is 16.9 Å². The first-order valence-electron chi connectivity index (χ1n) is 13.8. The third-order valence-electron chi connectivity index (χ3n) is 7.23. The molecule has 0 saturated carbocycles. The molecule has 6 bridgehead atoms. The zero-order valence-electron chi connectivity index (χ0n) is 23.6. The van der Waals surface area contributed by atoms with Crippen molar-refractivity contribution in [2.75, 3.05) is 6.54 Å². The van der Waals surface area contributed by atoms with Crippen LogP contribution in [0, 0.1) is 5.92 Å². The van der Waals surface area contributed by atoms with Crippen LogP contribution >= 0.6 is 0 Å². The summed E-state index contributed by atoms with van der Waals surface area (Å²) < 4.78 is 11.6. The zero-order valence-corrected chi connectivity index (χ0v) is 23.6. The van der Waals surface area contributed by atoms with E-state index in [4.69, 9.17) is 9.47 Å². The normalized spacial score (nSPS) is 26.6. The van der Waals surface area contributed by atoms with Gasteiger partial charge in [-0.1, -0.05) is 44.2 Å². The molecule has 10 nitrogen and oxygen atoms in total. The molecule has 0 unspecified atom stereocenters. The zero-order chi connectivity index (χ0) is 29.0. The van der Waals surface area contributed by atoms with E-state index in [2.05, 4.69) is 16.1 Å². The molecule has 1 saturated heterocycles. The Hall–Kier alpha value is -3.92. The molecular formula is C30H38N4O6. The van der Waals surface area contributed by atoms with Gasteiger partial charge in [0.15, 0.2) is 6.10 Å². The minimum atomic E-state index is -0.889. The monoisotopic (exact) mass is 550 g/mol. The lowest BCUT2D eigenvalue weighted by Gasteiger charge is -2.35. The molecular weight excluding hydrogens is 512 g/mol. The summed E-state index contributed by atoms with van der Waals surface area (Å²) in [5.74, 6) is -1.50. The van der Waals surface area contributed by atoms with Gasteiger partial charge < -0.3 is 20.1 Å².